The molecule has 3 heterocycles. The molecule has 0 radical (unpaired) electrons. The number of aryl methyl sites for hydroxylation is 1. The van der Waals surface area contributed by atoms with Gasteiger partial charge in [0.15, 0.2) is 0 Å². The van der Waals surface area contributed by atoms with Gasteiger partial charge in [0, 0.05) is 63.5 Å². The molecule has 2 N–H and O–H groups in total. The average Bonchev–Trinajstić information content (AvgIpc) is 3.28. The largest absolute Gasteiger partial charge is 0.368 e. The van der Waals surface area contributed by atoms with Crippen LogP contribution in [0.25, 0.3) is 0 Å². The molecule has 11 nitrogen and oxygen atoms in total. The quantitative estimate of drug-likeness (QED) is 0.488. The van der Waals surface area contributed by atoms with Crippen molar-refractivity contribution >= 4 is 40.6 Å². The summed E-state index contributed by atoms with van der Waals surface area (Å²) in [6, 6.07) is 14.2. The van der Waals surface area contributed by atoms with Crippen molar-refractivity contribution in [2.75, 3.05) is 62.6 Å². The summed E-state index contributed by atoms with van der Waals surface area (Å²) in [5.74, 6) is -0.479. The molecule has 1 aromatic heterocycles. The number of nitriles is 1. The van der Waals surface area contributed by atoms with Crippen LogP contribution >= 0.6 is 11.5 Å². The van der Waals surface area contributed by atoms with Gasteiger partial charge < -0.3 is 25.3 Å². The molecule has 12 heteroatoms. The van der Waals surface area contributed by atoms with Crippen LogP contribution in [-0.4, -0.2) is 89.5 Å². The fraction of sp³-hybridized carbons (Fsp3) is 0.357. The minimum Gasteiger partial charge on any atom is -0.368 e. The normalized spacial score (nSPS) is 15.8. The summed E-state index contributed by atoms with van der Waals surface area (Å²) in [4.78, 5) is 45.7. The van der Waals surface area contributed by atoms with E-state index >= 15 is 0 Å². The topological polar surface area (TPSA) is 135 Å². The predicted molar refractivity (Wildman–Crippen MR) is 152 cm³/mol. The van der Waals surface area contributed by atoms with Crippen LogP contribution in [0, 0.1) is 18.3 Å². The standard InChI is InChI=1S/C28H30N8O3S/c1-19-25(40-33-32-19)26(37)31-23-17-22(28(39)36-13-9-30-10-14-36)7-8-24(23)34-11-2-12-35(16-15-34)27(38)21-5-3-20(18-29)4-6-21/h3-8,17,30H,2,9-16H2,1H3,(H,31,37). The molecule has 5 rings (SSSR count). The van der Waals surface area contributed by atoms with Gasteiger partial charge in [-0.25, -0.2) is 0 Å². The minimum atomic E-state index is -0.326. The van der Waals surface area contributed by atoms with E-state index in [1.807, 2.05) is 15.9 Å². The van der Waals surface area contributed by atoms with Gasteiger partial charge in [0.05, 0.1) is 28.7 Å². The second-order valence-electron chi connectivity index (χ2n) is 9.74. The van der Waals surface area contributed by atoms with Crippen molar-refractivity contribution < 1.29 is 14.4 Å². The van der Waals surface area contributed by atoms with E-state index in [0.717, 1.165) is 36.7 Å². The number of piperazine rings is 1. The molecule has 0 bridgehead atoms. The van der Waals surface area contributed by atoms with E-state index < -0.39 is 0 Å². The Morgan fingerprint density at radius 2 is 1.62 bits per heavy atom. The lowest BCUT2D eigenvalue weighted by Gasteiger charge is -2.29. The van der Waals surface area contributed by atoms with Gasteiger partial charge in [-0.3, -0.25) is 14.4 Å². The number of nitrogens with zero attached hydrogens (tertiary/aromatic N) is 6. The van der Waals surface area contributed by atoms with Gasteiger partial charge in [-0.1, -0.05) is 4.49 Å². The summed E-state index contributed by atoms with van der Waals surface area (Å²) in [7, 11) is 0. The molecule has 3 aromatic rings. The first-order valence-corrected chi connectivity index (χ1v) is 14.0. The van der Waals surface area contributed by atoms with E-state index in [0.29, 0.717) is 72.2 Å². The Morgan fingerprint density at radius 3 is 2.33 bits per heavy atom. The summed E-state index contributed by atoms with van der Waals surface area (Å²) in [5, 5.41) is 19.2. The highest BCUT2D eigenvalue weighted by Gasteiger charge is 2.25. The molecule has 0 spiro atoms. The summed E-state index contributed by atoms with van der Waals surface area (Å²) < 4.78 is 3.88. The average molecular weight is 559 g/mol. The molecule has 0 atom stereocenters. The Kier molecular flexibility index (Phi) is 8.33. The second kappa shape index (κ2) is 12.2. The lowest BCUT2D eigenvalue weighted by atomic mass is 10.1. The zero-order chi connectivity index (χ0) is 28.1. The summed E-state index contributed by atoms with van der Waals surface area (Å²) in [6.45, 7) is 6.79. The van der Waals surface area contributed by atoms with E-state index in [1.165, 1.54) is 0 Å². The first-order chi connectivity index (χ1) is 19.4. The van der Waals surface area contributed by atoms with Crippen molar-refractivity contribution in [2.24, 2.45) is 0 Å². The number of nitrogens with one attached hydrogen (secondary N) is 2. The van der Waals surface area contributed by atoms with Crippen molar-refractivity contribution in [3.05, 3.63) is 69.7 Å². The molecular weight excluding hydrogens is 528 g/mol. The van der Waals surface area contributed by atoms with Gasteiger partial charge in [0.2, 0.25) is 0 Å². The van der Waals surface area contributed by atoms with Gasteiger partial charge in [0.25, 0.3) is 17.7 Å². The monoisotopic (exact) mass is 558 g/mol. The lowest BCUT2D eigenvalue weighted by Crippen LogP contribution is -2.46. The fourth-order valence-electron chi connectivity index (χ4n) is 4.95. The Labute approximate surface area is 236 Å². The number of carbonyl (C=O) groups excluding carboxylic acids is 3. The molecule has 0 aliphatic carbocycles. The Balaban J connectivity index is 1.38. The van der Waals surface area contributed by atoms with Crippen LogP contribution < -0.4 is 15.5 Å². The van der Waals surface area contributed by atoms with Crippen molar-refractivity contribution in [2.45, 2.75) is 13.3 Å². The molecule has 40 heavy (non-hydrogen) atoms. The summed E-state index contributed by atoms with van der Waals surface area (Å²) in [6.07, 6.45) is 0.731. The van der Waals surface area contributed by atoms with Crippen LogP contribution in [0.5, 0.6) is 0 Å². The van der Waals surface area contributed by atoms with E-state index in [4.69, 9.17) is 5.26 Å². The molecule has 2 aliphatic heterocycles. The Bertz CT molecular complexity index is 1440. The fourth-order valence-corrected chi connectivity index (χ4v) is 5.50. The lowest BCUT2D eigenvalue weighted by molar-refractivity contribution is 0.0734. The maximum Gasteiger partial charge on any atom is 0.269 e. The van der Waals surface area contributed by atoms with Crippen molar-refractivity contribution in [3.63, 3.8) is 0 Å². The SMILES string of the molecule is Cc1nnsc1C(=O)Nc1cc(C(=O)N2CCNCC2)ccc1N1CCCN(C(=O)c2ccc(C#N)cc2)CC1. The van der Waals surface area contributed by atoms with Crippen LogP contribution in [0.3, 0.4) is 0 Å². The van der Waals surface area contributed by atoms with Gasteiger partial charge >= 0.3 is 0 Å². The third-order valence-corrected chi connectivity index (χ3v) is 7.97. The molecule has 2 fully saturated rings. The number of rotatable bonds is 5. The molecular formula is C28H30N8O3S. The first-order valence-electron chi connectivity index (χ1n) is 13.2. The second-order valence-corrected chi connectivity index (χ2v) is 10.5. The van der Waals surface area contributed by atoms with E-state index in [1.54, 1.807) is 43.3 Å². The Hall–Kier alpha value is -4.34. The van der Waals surface area contributed by atoms with Crippen molar-refractivity contribution in [3.8, 4) is 6.07 Å². The molecule has 2 aliphatic rings. The highest BCUT2D eigenvalue weighted by molar-refractivity contribution is 7.08. The van der Waals surface area contributed by atoms with E-state index in [-0.39, 0.29) is 17.7 Å². The van der Waals surface area contributed by atoms with Crippen molar-refractivity contribution in [1.29, 1.82) is 5.26 Å². The summed E-state index contributed by atoms with van der Waals surface area (Å²) in [5.41, 5.74) is 3.43. The smallest absolute Gasteiger partial charge is 0.269 e. The minimum absolute atomic E-state index is 0.0748. The molecule has 2 saturated heterocycles. The highest BCUT2D eigenvalue weighted by Crippen LogP contribution is 2.30. The van der Waals surface area contributed by atoms with Crippen LogP contribution in [0.2, 0.25) is 0 Å². The van der Waals surface area contributed by atoms with E-state index in [9.17, 15) is 14.4 Å². The Morgan fingerprint density at radius 1 is 0.925 bits per heavy atom. The number of benzene rings is 2. The van der Waals surface area contributed by atoms with Crippen LogP contribution in [0.1, 0.15) is 48.1 Å². The number of anilines is 2. The summed E-state index contributed by atoms with van der Waals surface area (Å²) >= 11 is 1.03. The molecule has 0 unspecified atom stereocenters. The third kappa shape index (κ3) is 5.95. The highest BCUT2D eigenvalue weighted by atomic mass is 32.1. The molecule has 206 valence electrons. The predicted octanol–water partition coefficient (Wildman–Crippen LogP) is 2.37. The first kappa shape index (κ1) is 27.2. The molecule has 3 amide bonds. The third-order valence-electron chi connectivity index (χ3n) is 7.14. The number of carbonyl (C=O) groups is 3. The van der Waals surface area contributed by atoms with Gasteiger partial charge in [0.1, 0.15) is 4.88 Å². The number of aromatic nitrogens is 2. The molecule has 2 aromatic carbocycles. The van der Waals surface area contributed by atoms with Crippen LogP contribution in [0.15, 0.2) is 42.5 Å². The zero-order valence-corrected chi connectivity index (χ0v) is 23.0. The number of hydrogen-bond acceptors (Lipinski definition) is 9. The van der Waals surface area contributed by atoms with Gasteiger partial charge in [-0.15, -0.1) is 5.10 Å². The van der Waals surface area contributed by atoms with Gasteiger partial charge in [-0.2, -0.15) is 5.26 Å². The van der Waals surface area contributed by atoms with Crippen molar-refractivity contribution in [1.82, 2.24) is 24.7 Å². The number of amides is 3. The van der Waals surface area contributed by atoms with Crippen LogP contribution in [-0.2, 0) is 0 Å². The maximum atomic E-state index is 13.2. The van der Waals surface area contributed by atoms with E-state index in [2.05, 4.69) is 31.2 Å². The zero-order valence-electron chi connectivity index (χ0n) is 22.2. The van der Waals surface area contributed by atoms with Crippen LogP contribution in [0.4, 0.5) is 11.4 Å². The van der Waals surface area contributed by atoms with Gasteiger partial charge in [-0.05, 0) is 67.3 Å². The number of hydrogen-bond donors (Lipinski definition) is 2. The maximum absolute atomic E-state index is 13.2. The molecule has 0 saturated carbocycles.